The highest BCUT2D eigenvalue weighted by Crippen LogP contribution is 2.32. The third kappa shape index (κ3) is 5.75. The summed E-state index contributed by atoms with van der Waals surface area (Å²) in [6.45, 7) is 7.04. The fourth-order valence-electron chi connectivity index (χ4n) is 4.12. The van der Waals surface area contributed by atoms with Crippen LogP contribution in [0.25, 0.3) is 22.1 Å². The molecule has 1 aromatic heterocycles. The van der Waals surface area contributed by atoms with Crippen LogP contribution < -0.4 is 9.46 Å². The molecule has 37 heavy (non-hydrogen) atoms. The number of esters is 1. The van der Waals surface area contributed by atoms with Crippen LogP contribution in [0.1, 0.15) is 35.5 Å². The number of sulfonamides is 1. The van der Waals surface area contributed by atoms with Crippen molar-refractivity contribution in [2.75, 3.05) is 0 Å². The number of nitrogens with one attached hydrogen (secondary N) is 1. The van der Waals surface area contributed by atoms with E-state index in [-0.39, 0.29) is 16.6 Å². The maximum atomic E-state index is 12.7. The monoisotopic (exact) mass is 523 g/mol. The highest BCUT2D eigenvalue weighted by atomic mass is 32.2. The second kappa shape index (κ2) is 10.5. The molecule has 0 aliphatic heterocycles. The van der Waals surface area contributed by atoms with E-state index in [2.05, 4.69) is 4.72 Å². The van der Waals surface area contributed by atoms with Crippen molar-refractivity contribution in [2.24, 2.45) is 5.92 Å². The van der Waals surface area contributed by atoms with Gasteiger partial charge >= 0.3 is 5.97 Å². The van der Waals surface area contributed by atoms with Gasteiger partial charge in [0.15, 0.2) is 6.29 Å². The van der Waals surface area contributed by atoms with Gasteiger partial charge < -0.3 is 19.4 Å². The highest BCUT2D eigenvalue weighted by Gasteiger charge is 2.27. The van der Waals surface area contributed by atoms with Crippen molar-refractivity contribution in [3.8, 4) is 16.9 Å². The van der Waals surface area contributed by atoms with Crippen molar-refractivity contribution in [1.29, 1.82) is 0 Å². The molecule has 0 radical (unpaired) electrons. The van der Waals surface area contributed by atoms with Gasteiger partial charge in [0.1, 0.15) is 11.3 Å². The van der Waals surface area contributed by atoms with E-state index in [0.29, 0.717) is 11.3 Å². The van der Waals surface area contributed by atoms with Crippen LogP contribution in [-0.2, 0) is 10.0 Å². The Kier molecular flexibility index (Phi) is 7.52. The minimum atomic E-state index is -3.96. The number of furan rings is 1. The van der Waals surface area contributed by atoms with Gasteiger partial charge in [-0.15, -0.1) is 0 Å². The van der Waals surface area contributed by atoms with Crippen molar-refractivity contribution in [1.82, 2.24) is 4.72 Å². The van der Waals surface area contributed by atoms with Gasteiger partial charge in [0.25, 0.3) is 0 Å². The predicted molar refractivity (Wildman–Crippen MR) is 140 cm³/mol. The molecule has 3 N–H and O–H groups in total. The van der Waals surface area contributed by atoms with Crippen LogP contribution in [0, 0.1) is 19.8 Å². The maximum Gasteiger partial charge on any atom is 0.379 e. The standard InChI is InChI=1S/C28H29NO7S/c1-16(2)25(27(30)31)29-37(33,34)22-11-9-19(10-12-22)21-13-17(3)26(18(4)14-21)36-28(32)24-15-20-7-5-6-8-23(20)35-24/h5-16,25,27,29-31H,1-4H3/t25-/m1/s1. The van der Waals surface area contributed by atoms with Crippen molar-refractivity contribution in [2.45, 2.75) is 44.9 Å². The molecule has 0 aliphatic rings. The van der Waals surface area contributed by atoms with Crippen molar-refractivity contribution >= 4 is 27.0 Å². The largest absolute Gasteiger partial charge is 0.449 e. The zero-order valence-electron chi connectivity index (χ0n) is 20.9. The number of rotatable bonds is 8. The zero-order valence-corrected chi connectivity index (χ0v) is 21.7. The lowest BCUT2D eigenvalue weighted by Gasteiger charge is -2.23. The van der Waals surface area contributed by atoms with Gasteiger partial charge in [-0.1, -0.05) is 44.2 Å². The van der Waals surface area contributed by atoms with Crippen LogP contribution in [-0.4, -0.2) is 36.9 Å². The minimum absolute atomic E-state index is 0.00683. The average molecular weight is 524 g/mol. The van der Waals surface area contributed by atoms with Gasteiger partial charge in [0, 0.05) is 5.39 Å². The van der Waals surface area contributed by atoms with Crippen LogP contribution in [0.4, 0.5) is 0 Å². The number of hydrogen-bond donors (Lipinski definition) is 3. The Morgan fingerprint density at radius 3 is 2.11 bits per heavy atom. The summed E-state index contributed by atoms with van der Waals surface area (Å²) in [6.07, 6.45) is -1.82. The Morgan fingerprint density at radius 2 is 1.54 bits per heavy atom. The molecular weight excluding hydrogens is 494 g/mol. The van der Waals surface area contributed by atoms with Crippen molar-refractivity contribution in [3.05, 3.63) is 83.6 Å². The first-order valence-electron chi connectivity index (χ1n) is 11.8. The minimum Gasteiger partial charge on any atom is -0.449 e. The summed E-state index contributed by atoms with van der Waals surface area (Å²) in [6, 6.07) is 17.9. The Balaban J connectivity index is 1.54. The first kappa shape index (κ1) is 26.6. The number of hydrogen-bond acceptors (Lipinski definition) is 7. The SMILES string of the molecule is Cc1cc(-c2ccc(S(=O)(=O)N[C@H](C(C)C)C(O)O)cc2)cc(C)c1OC(=O)c1cc2ccccc2o1. The lowest BCUT2D eigenvalue weighted by molar-refractivity contribution is -0.0718. The van der Waals surface area contributed by atoms with E-state index in [1.54, 1.807) is 38.1 Å². The fraction of sp³-hybridized carbons (Fsp3) is 0.250. The number of aliphatic hydroxyl groups excluding tert-OH is 1. The van der Waals surface area contributed by atoms with Gasteiger partial charge in [-0.05, 0) is 78.4 Å². The third-order valence-corrected chi connectivity index (χ3v) is 7.59. The van der Waals surface area contributed by atoms with E-state index in [9.17, 15) is 23.4 Å². The van der Waals surface area contributed by atoms with Gasteiger partial charge in [-0.2, -0.15) is 0 Å². The molecule has 0 saturated carbocycles. The van der Waals surface area contributed by atoms with Crippen molar-refractivity contribution < 1.29 is 32.6 Å². The topological polar surface area (TPSA) is 126 Å². The first-order valence-corrected chi connectivity index (χ1v) is 13.3. The number of carbonyl (C=O) groups excluding carboxylic acids is 1. The smallest absolute Gasteiger partial charge is 0.379 e. The average Bonchev–Trinajstić information content (AvgIpc) is 3.29. The molecule has 0 amide bonds. The lowest BCUT2D eigenvalue weighted by atomic mass is 10.00. The molecule has 0 aliphatic carbocycles. The molecule has 1 atom stereocenters. The molecule has 1 heterocycles. The lowest BCUT2D eigenvalue weighted by Crippen LogP contribution is -2.46. The molecule has 0 bridgehead atoms. The summed E-state index contributed by atoms with van der Waals surface area (Å²) < 4.78 is 39.1. The van der Waals surface area contributed by atoms with E-state index in [1.807, 2.05) is 44.2 Å². The molecule has 0 unspecified atom stereocenters. The number of ether oxygens (including phenoxy) is 1. The van der Waals surface area contributed by atoms with E-state index in [1.165, 1.54) is 12.1 Å². The van der Waals surface area contributed by atoms with Crippen LogP contribution >= 0.6 is 0 Å². The maximum absolute atomic E-state index is 12.7. The molecule has 0 saturated heterocycles. The number of fused-ring (bicyclic) bond motifs is 1. The Labute approximate surface area is 215 Å². The normalized spacial score (nSPS) is 12.9. The van der Waals surface area contributed by atoms with Crippen LogP contribution in [0.3, 0.4) is 0 Å². The first-order chi connectivity index (χ1) is 17.5. The third-order valence-electron chi connectivity index (χ3n) is 6.11. The van der Waals surface area contributed by atoms with Gasteiger partial charge in [-0.3, -0.25) is 0 Å². The van der Waals surface area contributed by atoms with Crippen molar-refractivity contribution in [3.63, 3.8) is 0 Å². The van der Waals surface area contributed by atoms with Crippen LogP contribution in [0.5, 0.6) is 5.75 Å². The number of aliphatic hydroxyl groups is 2. The number of para-hydroxylation sites is 1. The molecule has 3 aromatic carbocycles. The van der Waals surface area contributed by atoms with E-state index in [0.717, 1.165) is 27.6 Å². The van der Waals surface area contributed by atoms with Crippen LogP contribution in [0.15, 0.2) is 76.0 Å². The van der Waals surface area contributed by atoms with E-state index < -0.39 is 28.3 Å². The second-order valence-electron chi connectivity index (χ2n) is 9.31. The summed E-state index contributed by atoms with van der Waals surface area (Å²) in [4.78, 5) is 12.7. The Morgan fingerprint density at radius 1 is 0.919 bits per heavy atom. The summed E-state index contributed by atoms with van der Waals surface area (Å²) in [7, 11) is -3.96. The van der Waals surface area contributed by atoms with E-state index in [4.69, 9.17) is 9.15 Å². The van der Waals surface area contributed by atoms with Gasteiger partial charge in [0.2, 0.25) is 15.8 Å². The summed E-state index contributed by atoms with van der Waals surface area (Å²) in [5.41, 5.74) is 3.65. The molecule has 4 rings (SSSR count). The highest BCUT2D eigenvalue weighted by molar-refractivity contribution is 7.89. The molecular formula is C28H29NO7S. The fourth-order valence-corrected chi connectivity index (χ4v) is 5.50. The molecule has 4 aromatic rings. The molecule has 8 nitrogen and oxygen atoms in total. The van der Waals surface area contributed by atoms with Gasteiger partial charge in [-0.25, -0.2) is 17.9 Å². The summed E-state index contributed by atoms with van der Waals surface area (Å²) in [5.74, 6) is -0.368. The van der Waals surface area contributed by atoms with E-state index >= 15 is 0 Å². The van der Waals surface area contributed by atoms with Gasteiger partial charge in [0.05, 0.1) is 10.9 Å². The number of carbonyl (C=O) groups is 1. The predicted octanol–water partition coefficient (Wildman–Crippen LogP) is 4.55. The molecule has 194 valence electrons. The van der Waals surface area contributed by atoms with Crippen LogP contribution in [0.2, 0.25) is 0 Å². The number of aryl methyl sites for hydroxylation is 2. The quantitative estimate of drug-likeness (QED) is 0.176. The molecule has 0 fully saturated rings. The Hall–Kier alpha value is -3.50. The summed E-state index contributed by atoms with van der Waals surface area (Å²) >= 11 is 0. The second-order valence-corrected chi connectivity index (χ2v) is 11.0. The Bertz CT molecular complexity index is 1470. The summed E-state index contributed by atoms with van der Waals surface area (Å²) in [5, 5.41) is 19.8. The molecule has 0 spiro atoms. The molecule has 9 heteroatoms. The zero-order chi connectivity index (χ0) is 26.9. The number of benzene rings is 3.